The number of amides is 1. The van der Waals surface area contributed by atoms with Crippen LogP contribution in [0.3, 0.4) is 0 Å². The van der Waals surface area contributed by atoms with E-state index in [0.717, 1.165) is 16.3 Å². The summed E-state index contributed by atoms with van der Waals surface area (Å²) in [5.41, 5.74) is 7.71. The van der Waals surface area contributed by atoms with Crippen molar-refractivity contribution >= 4 is 39.8 Å². The number of hydrogen-bond acceptors (Lipinski definition) is 6. The fourth-order valence-corrected chi connectivity index (χ4v) is 3.51. The summed E-state index contributed by atoms with van der Waals surface area (Å²) in [5.74, 6) is -0.473. The summed E-state index contributed by atoms with van der Waals surface area (Å²) in [6.07, 6.45) is 1.61. The van der Waals surface area contributed by atoms with Crippen LogP contribution in [-0.4, -0.2) is 10.9 Å². The highest BCUT2D eigenvalue weighted by Crippen LogP contribution is 2.28. The van der Waals surface area contributed by atoms with Gasteiger partial charge in [0.05, 0.1) is 10.6 Å². The van der Waals surface area contributed by atoms with E-state index in [1.165, 1.54) is 11.3 Å². The molecule has 5 nitrogen and oxygen atoms in total. The lowest BCUT2D eigenvalue weighted by Crippen LogP contribution is -2.10. The Balaban J connectivity index is 1.77. The molecule has 118 valence electrons. The SMILES string of the molecule is N#C/C(=C\Nc1ccc(C(N)=O)cc1)c1nc(-c2cccs2)cs1. The number of hydrogen-bond donors (Lipinski definition) is 2. The molecule has 1 amide bonds. The third-order valence-electron chi connectivity index (χ3n) is 3.18. The van der Waals surface area contributed by atoms with Gasteiger partial charge in [-0.3, -0.25) is 4.79 Å². The average molecular weight is 352 g/mol. The predicted octanol–water partition coefficient (Wildman–Crippen LogP) is 3.95. The number of anilines is 1. The molecule has 0 aliphatic carbocycles. The number of thiophene rings is 1. The van der Waals surface area contributed by atoms with E-state index in [2.05, 4.69) is 16.4 Å². The summed E-state index contributed by atoms with van der Waals surface area (Å²) in [4.78, 5) is 16.6. The molecule has 0 radical (unpaired) electrons. The molecule has 1 aromatic carbocycles. The van der Waals surface area contributed by atoms with Crippen LogP contribution in [0.2, 0.25) is 0 Å². The molecule has 2 aromatic heterocycles. The van der Waals surface area contributed by atoms with Gasteiger partial charge in [-0.05, 0) is 35.7 Å². The number of nitriles is 1. The fourth-order valence-electron chi connectivity index (χ4n) is 1.96. The summed E-state index contributed by atoms with van der Waals surface area (Å²) in [6.45, 7) is 0. The Hall–Kier alpha value is -2.95. The number of allylic oxidation sites excluding steroid dienone is 1. The van der Waals surface area contributed by atoms with Crippen LogP contribution in [0, 0.1) is 11.3 Å². The molecule has 0 saturated carbocycles. The van der Waals surface area contributed by atoms with Gasteiger partial charge in [-0.1, -0.05) is 6.07 Å². The Bertz CT molecular complexity index is 918. The summed E-state index contributed by atoms with van der Waals surface area (Å²) in [5, 5.41) is 17.0. The Morgan fingerprint density at radius 3 is 2.67 bits per heavy atom. The highest BCUT2D eigenvalue weighted by molar-refractivity contribution is 7.14. The van der Waals surface area contributed by atoms with E-state index in [-0.39, 0.29) is 0 Å². The molecule has 0 atom stereocenters. The van der Waals surface area contributed by atoms with E-state index in [1.54, 1.807) is 41.8 Å². The number of nitrogens with zero attached hydrogens (tertiary/aromatic N) is 2. The molecule has 3 N–H and O–H groups in total. The van der Waals surface area contributed by atoms with Crippen LogP contribution in [0.25, 0.3) is 16.1 Å². The Kier molecular flexibility index (Phi) is 4.70. The lowest BCUT2D eigenvalue weighted by Gasteiger charge is -2.02. The minimum absolute atomic E-state index is 0.436. The number of aromatic nitrogens is 1. The molecule has 3 rings (SSSR count). The molecule has 24 heavy (non-hydrogen) atoms. The molecule has 0 fully saturated rings. The molecule has 0 bridgehead atoms. The van der Waals surface area contributed by atoms with Gasteiger partial charge < -0.3 is 11.1 Å². The highest BCUT2D eigenvalue weighted by Gasteiger charge is 2.09. The minimum atomic E-state index is -0.473. The summed E-state index contributed by atoms with van der Waals surface area (Å²) in [7, 11) is 0. The van der Waals surface area contributed by atoms with Gasteiger partial charge in [-0.2, -0.15) is 5.26 Å². The summed E-state index contributed by atoms with van der Waals surface area (Å²) >= 11 is 3.04. The number of nitrogens with two attached hydrogens (primary N) is 1. The topological polar surface area (TPSA) is 91.8 Å². The van der Waals surface area contributed by atoms with E-state index in [4.69, 9.17) is 5.73 Å². The highest BCUT2D eigenvalue weighted by atomic mass is 32.1. The zero-order valence-electron chi connectivity index (χ0n) is 12.4. The number of nitrogens with one attached hydrogen (secondary N) is 1. The van der Waals surface area contributed by atoms with Gasteiger partial charge in [-0.15, -0.1) is 22.7 Å². The van der Waals surface area contributed by atoms with Crippen molar-refractivity contribution in [3.05, 3.63) is 63.9 Å². The second-order valence-corrected chi connectivity index (χ2v) is 6.58. The number of carbonyl (C=O) groups is 1. The number of rotatable bonds is 5. The Morgan fingerprint density at radius 2 is 2.04 bits per heavy atom. The van der Waals surface area contributed by atoms with Crippen molar-refractivity contribution in [2.45, 2.75) is 0 Å². The van der Waals surface area contributed by atoms with Crippen molar-refractivity contribution < 1.29 is 4.79 Å². The predicted molar refractivity (Wildman–Crippen MR) is 97.6 cm³/mol. The smallest absolute Gasteiger partial charge is 0.248 e. The fraction of sp³-hybridized carbons (Fsp3) is 0. The first-order valence-electron chi connectivity index (χ1n) is 6.94. The van der Waals surface area contributed by atoms with Crippen molar-refractivity contribution in [3.63, 3.8) is 0 Å². The van der Waals surface area contributed by atoms with Crippen LogP contribution >= 0.6 is 22.7 Å². The van der Waals surface area contributed by atoms with E-state index < -0.39 is 5.91 Å². The van der Waals surface area contributed by atoms with Gasteiger partial charge in [0.2, 0.25) is 5.91 Å². The van der Waals surface area contributed by atoms with E-state index in [1.807, 2.05) is 22.9 Å². The molecule has 0 saturated heterocycles. The first kappa shape index (κ1) is 15.9. The summed E-state index contributed by atoms with van der Waals surface area (Å²) < 4.78 is 0. The molecule has 3 aromatic rings. The minimum Gasteiger partial charge on any atom is -0.366 e. The number of primary amides is 1. The van der Waals surface area contributed by atoms with Gasteiger partial charge in [0.1, 0.15) is 16.6 Å². The maximum Gasteiger partial charge on any atom is 0.248 e. The van der Waals surface area contributed by atoms with Gasteiger partial charge in [0.15, 0.2) is 0 Å². The second-order valence-electron chi connectivity index (χ2n) is 4.77. The molecule has 0 aliphatic rings. The molecular formula is C17H12N4OS2. The normalized spacial score (nSPS) is 11.0. The molecular weight excluding hydrogens is 340 g/mol. The summed E-state index contributed by atoms with van der Waals surface area (Å²) in [6, 6.07) is 12.8. The Labute approximate surface area is 146 Å². The molecule has 0 unspecified atom stereocenters. The van der Waals surface area contributed by atoms with E-state index >= 15 is 0 Å². The zero-order valence-corrected chi connectivity index (χ0v) is 14.0. The first-order valence-corrected chi connectivity index (χ1v) is 8.70. The van der Waals surface area contributed by atoms with E-state index in [0.29, 0.717) is 16.1 Å². The number of benzene rings is 1. The molecule has 2 heterocycles. The lowest BCUT2D eigenvalue weighted by atomic mass is 10.2. The van der Waals surface area contributed by atoms with Crippen molar-refractivity contribution in [2.24, 2.45) is 5.73 Å². The van der Waals surface area contributed by atoms with Crippen LogP contribution in [0.5, 0.6) is 0 Å². The first-order chi connectivity index (χ1) is 11.7. The maximum absolute atomic E-state index is 11.1. The third kappa shape index (κ3) is 3.51. The standard InChI is InChI=1S/C17H12N4OS2/c18-8-12(9-20-13-5-3-11(4-6-13)16(19)22)17-21-14(10-24-17)15-2-1-7-23-15/h1-7,9-10,20H,(H2,19,22)/b12-9+. The van der Waals surface area contributed by atoms with Crippen LogP contribution in [0.15, 0.2) is 53.4 Å². The van der Waals surface area contributed by atoms with Gasteiger partial charge in [0.25, 0.3) is 0 Å². The van der Waals surface area contributed by atoms with Crippen LogP contribution in [-0.2, 0) is 0 Å². The van der Waals surface area contributed by atoms with Crippen LogP contribution < -0.4 is 11.1 Å². The van der Waals surface area contributed by atoms with Crippen molar-refractivity contribution in [2.75, 3.05) is 5.32 Å². The van der Waals surface area contributed by atoms with Crippen LogP contribution in [0.1, 0.15) is 15.4 Å². The van der Waals surface area contributed by atoms with E-state index in [9.17, 15) is 10.1 Å². The monoisotopic (exact) mass is 352 g/mol. The van der Waals surface area contributed by atoms with Crippen molar-refractivity contribution in [3.8, 4) is 16.6 Å². The number of thiazole rings is 1. The number of carbonyl (C=O) groups excluding carboxylic acids is 1. The third-order valence-corrected chi connectivity index (χ3v) is 4.95. The quantitative estimate of drug-likeness (QED) is 0.680. The average Bonchev–Trinajstić information content (AvgIpc) is 3.27. The molecule has 7 heteroatoms. The molecule has 0 aliphatic heterocycles. The largest absolute Gasteiger partial charge is 0.366 e. The maximum atomic E-state index is 11.1. The van der Waals surface area contributed by atoms with Gasteiger partial charge in [0, 0.05) is 22.8 Å². The van der Waals surface area contributed by atoms with Gasteiger partial charge in [-0.25, -0.2) is 4.98 Å². The lowest BCUT2D eigenvalue weighted by molar-refractivity contribution is 0.100. The Morgan fingerprint density at radius 1 is 1.25 bits per heavy atom. The van der Waals surface area contributed by atoms with Crippen molar-refractivity contribution in [1.82, 2.24) is 4.98 Å². The second kappa shape index (κ2) is 7.08. The zero-order chi connectivity index (χ0) is 16.9. The van der Waals surface area contributed by atoms with Gasteiger partial charge >= 0.3 is 0 Å². The molecule has 0 spiro atoms. The van der Waals surface area contributed by atoms with Crippen LogP contribution in [0.4, 0.5) is 5.69 Å². The van der Waals surface area contributed by atoms with Crippen molar-refractivity contribution in [1.29, 1.82) is 5.26 Å².